The lowest BCUT2D eigenvalue weighted by molar-refractivity contribution is 0.0931. The van der Waals surface area contributed by atoms with Crippen LogP contribution in [0.3, 0.4) is 0 Å². The SMILES string of the molecule is CCC(O)(C#CCSc1ccccc1)CC. The van der Waals surface area contributed by atoms with Gasteiger partial charge in [-0.1, -0.05) is 43.9 Å². The van der Waals surface area contributed by atoms with E-state index in [1.807, 2.05) is 32.0 Å². The summed E-state index contributed by atoms with van der Waals surface area (Å²) in [6, 6.07) is 10.2. The maximum Gasteiger partial charge on any atom is 0.125 e. The molecule has 1 nitrogen and oxygen atoms in total. The Bertz CT molecular complexity index is 357. The summed E-state index contributed by atoms with van der Waals surface area (Å²) in [5, 5.41) is 9.94. The van der Waals surface area contributed by atoms with Gasteiger partial charge in [-0.2, -0.15) is 0 Å². The van der Waals surface area contributed by atoms with Crippen LogP contribution < -0.4 is 0 Å². The maximum absolute atomic E-state index is 9.94. The van der Waals surface area contributed by atoms with E-state index in [2.05, 4.69) is 24.0 Å². The van der Waals surface area contributed by atoms with Crippen molar-refractivity contribution in [3.63, 3.8) is 0 Å². The van der Waals surface area contributed by atoms with E-state index in [1.165, 1.54) is 4.90 Å². The van der Waals surface area contributed by atoms with Crippen LogP contribution in [0.4, 0.5) is 0 Å². The van der Waals surface area contributed by atoms with Gasteiger partial charge in [0.2, 0.25) is 0 Å². The van der Waals surface area contributed by atoms with Gasteiger partial charge in [0.15, 0.2) is 0 Å². The smallest absolute Gasteiger partial charge is 0.125 e. The molecule has 0 amide bonds. The van der Waals surface area contributed by atoms with Crippen LogP contribution in [0, 0.1) is 11.8 Å². The lowest BCUT2D eigenvalue weighted by atomic mass is 9.99. The van der Waals surface area contributed by atoms with Crippen molar-refractivity contribution >= 4 is 11.8 Å². The van der Waals surface area contributed by atoms with Crippen LogP contribution in [-0.2, 0) is 0 Å². The molecule has 0 saturated carbocycles. The molecule has 0 aliphatic heterocycles. The van der Waals surface area contributed by atoms with Gasteiger partial charge in [0.05, 0.1) is 5.75 Å². The minimum atomic E-state index is -0.794. The molecule has 0 unspecified atom stereocenters. The average molecular weight is 234 g/mol. The van der Waals surface area contributed by atoms with Crippen LogP contribution in [-0.4, -0.2) is 16.5 Å². The van der Waals surface area contributed by atoms with Gasteiger partial charge in [0.25, 0.3) is 0 Å². The molecule has 0 saturated heterocycles. The molecule has 0 spiro atoms. The van der Waals surface area contributed by atoms with Crippen molar-refractivity contribution in [2.24, 2.45) is 0 Å². The normalized spacial score (nSPS) is 10.7. The fourth-order valence-electron chi connectivity index (χ4n) is 1.26. The summed E-state index contributed by atoms with van der Waals surface area (Å²) < 4.78 is 0. The molecule has 1 N–H and O–H groups in total. The number of aliphatic hydroxyl groups is 1. The predicted molar refractivity (Wildman–Crippen MR) is 70.5 cm³/mol. The molecule has 0 radical (unpaired) electrons. The first-order chi connectivity index (χ1) is 7.70. The van der Waals surface area contributed by atoms with Gasteiger partial charge in [-0.25, -0.2) is 0 Å². The van der Waals surface area contributed by atoms with Gasteiger partial charge < -0.3 is 5.11 Å². The van der Waals surface area contributed by atoms with Crippen molar-refractivity contribution in [3.05, 3.63) is 30.3 Å². The highest BCUT2D eigenvalue weighted by Crippen LogP contribution is 2.17. The van der Waals surface area contributed by atoms with E-state index in [4.69, 9.17) is 0 Å². The summed E-state index contributed by atoms with van der Waals surface area (Å²) >= 11 is 1.70. The fourth-order valence-corrected chi connectivity index (χ4v) is 1.92. The monoisotopic (exact) mass is 234 g/mol. The molecule has 1 aromatic carbocycles. The first-order valence-electron chi connectivity index (χ1n) is 5.60. The largest absolute Gasteiger partial charge is 0.378 e. The molecule has 16 heavy (non-hydrogen) atoms. The highest BCUT2D eigenvalue weighted by atomic mass is 32.2. The zero-order valence-electron chi connectivity index (χ0n) is 9.86. The van der Waals surface area contributed by atoms with Crippen molar-refractivity contribution in [2.75, 3.05) is 5.75 Å². The van der Waals surface area contributed by atoms with Crippen molar-refractivity contribution < 1.29 is 5.11 Å². The van der Waals surface area contributed by atoms with Gasteiger partial charge in [-0.3, -0.25) is 0 Å². The van der Waals surface area contributed by atoms with Crippen molar-refractivity contribution in [2.45, 2.75) is 37.2 Å². The Labute approximate surface area is 102 Å². The Balaban J connectivity index is 2.44. The molecule has 0 aliphatic rings. The molecule has 86 valence electrons. The highest BCUT2D eigenvalue weighted by Gasteiger charge is 2.17. The summed E-state index contributed by atoms with van der Waals surface area (Å²) in [5.41, 5.74) is -0.794. The first kappa shape index (κ1) is 13.2. The Morgan fingerprint density at radius 3 is 2.38 bits per heavy atom. The third-order valence-electron chi connectivity index (χ3n) is 2.55. The van der Waals surface area contributed by atoms with Crippen molar-refractivity contribution in [1.29, 1.82) is 0 Å². The van der Waals surface area contributed by atoms with Crippen LogP contribution in [0.5, 0.6) is 0 Å². The summed E-state index contributed by atoms with van der Waals surface area (Å²) in [5.74, 6) is 6.72. The predicted octanol–water partition coefficient (Wildman–Crippen LogP) is 3.33. The zero-order valence-corrected chi connectivity index (χ0v) is 10.7. The molecule has 2 heteroatoms. The molecular formula is C14H18OS. The van der Waals surface area contributed by atoms with Gasteiger partial charge in [0.1, 0.15) is 5.60 Å². The molecule has 0 heterocycles. The van der Waals surface area contributed by atoms with E-state index in [0.717, 1.165) is 5.75 Å². The average Bonchev–Trinajstić information content (AvgIpc) is 2.36. The molecule has 0 aromatic heterocycles. The first-order valence-corrected chi connectivity index (χ1v) is 6.59. The molecular weight excluding hydrogens is 216 g/mol. The van der Waals surface area contributed by atoms with Gasteiger partial charge in [-0.15, -0.1) is 11.8 Å². The van der Waals surface area contributed by atoms with Crippen LogP contribution in [0.2, 0.25) is 0 Å². The quantitative estimate of drug-likeness (QED) is 0.637. The molecule has 0 aliphatic carbocycles. The summed E-state index contributed by atoms with van der Waals surface area (Å²) in [6.45, 7) is 3.92. The summed E-state index contributed by atoms with van der Waals surface area (Å²) in [7, 11) is 0. The van der Waals surface area contributed by atoms with Crippen LogP contribution in [0.1, 0.15) is 26.7 Å². The molecule has 1 rings (SSSR count). The van der Waals surface area contributed by atoms with Crippen molar-refractivity contribution in [3.8, 4) is 11.8 Å². The third-order valence-corrected chi connectivity index (χ3v) is 3.44. The van der Waals surface area contributed by atoms with Crippen LogP contribution >= 0.6 is 11.8 Å². The highest BCUT2D eigenvalue weighted by molar-refractivity contribution is 7.99. The van der Waals surface area contributed by atoms with Crippen molar-refractivity contribution in [1.82, 2.24) is 0 Å². The number of benzene rings is 1. The molecule has 0 fully saturated rings. The fraction of sp³-hybridized carbons (Fsp3) is 0.429. The number of hydrogen-bond donors (Lipinski definition) is 1. The maximum atomic E-state index is 9.94. The summed E-state index contributed by atoms with van der Waals surface area (Å²) in [6.07, 6.45) is 1.37. The second kappa shape index (κ2) is 6.62. The minimum absolute atomic E-state index is 0.687. The third kappa shape index (κ3) is 4.30. The van der Waals surface area contributed by atoms with Gasteiger partial charge >= 0.3 is 0 Å². The Hall–Kier alpha value is -0.910. The minimum Gasteiger partial charge on any atom is -0.378 e. The zero-order chi connectivity index (χ0) is 11.9. The summed E-state index contributed by atoms with van der Waals surface area (Å²) in [4.78, 5) is 1.22. The molecule has 0 bridgehead atoms. The van der Waals surface area contributed by atoms with E-state index in [-0.39, 0.29) is 0 Å². The lowest BCUT2D eigenvalue weighted by Gasteiger charge is -2.16. The Morgan fingerprint density at radius 2 is 1.81 bits per heavy atom. The Morgan fingerprint density at radius 1 is 1.19 bits per heavy atom. The molecule has 0 atom stereocenters. The second-order valence-corrected chi connectivity index (χ2v) is 4.69. The lowest BCUT2D eigenvalue weighted by Crippen LogP contribution is -2.23. The van der Waals surface area contributed by atoms with Gasteiger partial charge in [0, 0.05) is 4.90 Å². The topological polar surface area (TPSA) is 20.2 Å². The number of rotatable bonds is 4. The van der Waals surface area contributed by atoms with E-state index in [1.54, 1.807) is 11.8 Å². The van der Waals surface area contributed by atoms with E-state index >= 15 is 0 Å². The van der Waals surface area contributed by atoms with E-state index < -0.39 is 5.60 Å². The van der Waals surface area contributed by atoms with Crippen LogP contribution in [0.25, 0.3) is 0 Å². The Kier molecular flexibility index (Phi) is 5.45. The van der Waals surface area contributed by atoms with E-state index in [0.29, 0.717) is 12.8 Å². The standard InChI is InChI=1S/C14H18OS/c1-3-14(15,4-2)11-8-12-16-13-9-6-5-7-10-13/h5-7,9-10,15H,3-4,12H2,1-2H3. The number of hydrogen-bond acceptors (Lipinski definition) is 2. The number of thioether (sulfide) groups is 1. The van der Waals surface area contributed by atoms with E-state index in [9.17, 15) is 5.11 Å². The van der Waals surface area contributed by atoms with Crippen LogP contribution in [0.15, 0.2) is 35.2 Å². The van der Waals surface area contributed by atoms with Gasteiger partial charge in [-0.05, 0) is 25.0 Å². The second-order valence-electron chi connectivity index (χ2n) is 3.64. The molecule has 1 aromatic rings.